The molecule has 192 valence electrons. The first-order valence-corrected chi connectivity index (χ1v) is 12.8. The number of anilines is 1. The van der Waals surface area contributed by atoms with E-state index in [-0.39, 0.29) is 12.1 Å². The van der Waals surface area contributed by atoms with Crippen LogP contribution in [0.15, 0.2) is 54.9 Å². The molecule has 1 aliphatic heterocycles. The maximum absolute atomic E-state index is 12.6. The lowest BCUT2D eigenvalue weighted by Gasteiger charge is -2.28. The van der Waals surface area contributed by atoms with Gasteiger partial charge in [-0.05, 0) is 51.5 Å². The van der Waals surface area contributed by atoms with Gasteiger partial charge in [-0.3, -0.25) is 0 Å². The molecule has 8 nitrogen and oxygen atoms in total. The molecule has 0 aliphatic carbocycles. The lowest BCUT2D eigenvalue weighted by Crippen LogP contribution is -2.42. The number of amides is 1. The Morgan fingerprint density at radius 2 is 1.78 bits per heavy atom. The van der Waals surface area contributed by atoms with Crippen LogP contribution in [0.2, 0.25) is 10.0 Å². The summed E-state index contributed by atoms with van der Waals surface area (Å²) in [5.74, 6) is 0.714. The molecule has 1 fully saturated rings. The normalized spacial score (nSPS) is 15.8. The summed E-state index contributed by atoms with van der Waals surface area (Å²) in [6.07, 6.45) is 2.01. The van der Waals surface area contributed by atoms with Gasteiger partial charge < -0.3 is 14.5 Å². The molecule has 3 heterocycles. The third-order valence-corrected chi connectivity index (χ3v) is 6.90. The third kappa shape index (κ3) is 5.08. The van der Waals surface area contributed by atoms with E-state index in [2.05, 4.69) is 14.9 Å². The summed E-state index contributed by atoms with van der Waals surface area (Å²) in [6, 6.07) is 15.1. The minimum atomic E-state index is -0.550. The zero-order valence-corrected chi connectivity index (χ0v) is 22.7. The summed E-state index contributed by atoms with van der Waals surface area (Å²) >= 11 is 12.8. The summed E-state index contributed by atoms with van der Waals surface area (Å²) in [5.41, 5.74) is 3.25. The van der Waals surface area contributed by atoms with Gasteiger partial charge in [0.2, 0.25) is 0 Å². The average Bonchev–Trinajstić information content (AvgIpc) is 3.49. The van der Waals surface area contributed by atoms with Gasteiger partial charge in [-0.2, -0.15) is 5.10 Å². The first kappa shape index (κ1) is 25.3. The van der Waals surface area contributed by atoms with Gasteiger partial charge in [0, 0.05) is 30.7 Å². The molecular weight excluding hydrogens is 511 g/mol. The summed E-state index contributed by atoms with van der Waals surface area (Å²) < 4.78 is 7.38. The van der Waals surface area contributed by atoms with Crippen LogP contribution < -0.4 is 4.90 Å². The van der Waals surface area contributed by atoms with E-state index in [0.29, 0.717) is 33.4 Å². The summed E-state index contributed by atoms with van der Waals surface area (Å²) in [5, 5.41) is 6.18. The molecule has 1 aliphatic rings. The largest absolute Gasteiger partial charge is 0.444 e. The SMILES string of the molecule is CN(C(=O)OC(C)(C)C)C1CCN(c2ncnc3c(-c4ccc(Cl)cc4)n(-c4ccccc4Cl)nc23)C1. The van der Waals surface area contributed by atoms with Crippen molar-refractivity contribution in [3.8, 4) is 16.9 Å². The van der Waals surface area contributed by atoms with Gasteiger partial charge in [-0.1, -0.05) is 47.5 Å². The Morgan fingerprint density at radius 3 is 2.49 bits per heavy atom. The number of carbonyl (C=O) groups excluding carboxylic acids is 1. The van der Waals surface area contributed by atoms with Crippen LogP contribution in [-0.4, -0.2) is 62.5 Å². The van der Waals surface area contributed by atoms with E-state index in [9.17, 15) is 4.79 Å². The van der Waals surface area contributed by atoms with Crippen LogP contribution in [0, 0.1) is 0 Å². The lowest BCUT2D eigenvalue weighted by atomic mass is 10.1. The van der Waals surface area contributed by atoms with Crippen molar-refractivity contribution in [2.24, 2.45) is 0 Å². The number of para-hydroxylation sites is 1. The van der Waals surface area contributed by atoms with Crippen molar-refractivity contribution in [1.82, 2.24) is 24.6 Å². The number of hydrogen-bond acceptors (Lipinski definition) is 6. The fourth-order valence-corrected chi connectivity index (χ4v) is 4.86. The molecule has 0 bridgehead atoms. The highest BCUT2D eigenvalue weighted by Gasteiger charge is 2.33. The fourth-order valence-electron chi connectivity index (χ4n) is 4.51. The molecule has 1 atom stereocenters. The molecule has 1 unspecified atom stereocenters. The number of fused-ring (bicyclic) bond motifs is 1. The first-order valence-electron chi connectivity index (χ1n) is 12.1. The maximum Gasteiger partial charge on any atom is 0.410 e. The van der Waals surface area contributed by atoms with E-state index in [1.807, 2.05) is 74.0 Å². The molecule has 0 saturated carbocycles. The van der Waals surface area contributed by atoms with Crippen LogP contribution in [0.1, 0.15) is 27.2 Å². The quantitative estimate of drug-likeness (QED) is 0.306. The summed E-state index contributed by atoms with van der Waals surface area (Å²) in [7, 11) is 1.78. The Balaban J connectivity index is 1.56. The fraction of sp³-hybridized carbons (Fsp3) is 0.333. The van der Waals surface area contributed by atoms with Crippen LogP contribution >= 0.6 is 23.2 Å². The van der Waals surface area contributed by atoms with Gasteiger partial charge in [0.05, 0.1) is 16.8 Å². The minimum Gasteiger partial charge on any atom is -0.444 e. The van der Waals surface area contributed by atoms with Crippen molar-refractivity contribution in [2.75, 3.05) is 25.0 Å². The highest BCUT2D eigenvalue weighted by Crippen LogP contribution is 2.36. The second kappa shape index (κ2) is 9.84. The number of benzene rings is 2. The highest BCUT2D eigenvalue weighted by molar-refractivity contribution is 6.32. The molecule has 0 radical (unpaired) electrons. The van der Waals surface area contributed by atoms with Gasteiger partial charge in [-0.15, -0.1) is 0 Å². The van der Waals surface area contributed by atoms with Crippen molar-refractivity contribution >= 4 is 46.1 Å². The topological polar surface area (TPSA) is 76.4 Å². The van der Waals surface area contributed by atoms with Crippen LogP contribution in [0.25, 0.3) is 28.0 Å². The zero-order valence-electron chi connectivity index (χ0n) is 21.2. The zero-order chi connectivity index (χ0) is 26.3. The number of carbonyl (C=O) groups is 1. The minimum absolute atomic E-state index is 0.0127. The molecule has 5 rings (SSSR count). The van der Waals surface area contributed by atoms with E-state index in [0.717, 1.165) is 29.9 Å². The number of nitrogens with zero attached hydrogens (tertiary/aromatic N) is 6. The maximum atomic E-state index is 12.6. The van der Waals surface area contributed by atoms with Crippen molar-refractivity contribution in [1.29, 1.82) is 0 Å². The third-order valence-electron chi connectivity index (χ3n) is 6.33. The van der Waals surface area contributed by atoms with Crippen molar-refractivity contribution in [3.63, 3.8) is 0 Å². The molecule has 10 heteroatoms. The van der Waals surface area contributed by atoms with Crippen molar-refractivity contribution < 1.29 is 9.53 Å². The number of hydrogen-bond donors (Lipinski definition) is 0. The molecule has 1 saturated heterocycles. The van der Waals surface area contributed by atoms with E-state index in [1.165, 1.54) is 0 Å². The predicted molar refractivity (Wildman–Crippen MR) is 147 cm³/mol. The average molecular weight is 539 g/mol. The van der Waals surface area contributed by atoms with Gasteiger partial charge >= 0.3 is 6.09 Å². The van der Waals surface area contributed by atoms with Gasteiger partial charge in [0.15, 0.2) is 11.3 Å². The first-order chi connectivity index (χ1) is 17.6. The standard InChI is InChI=1S/C27H28Cl2N6O2/c1-27(2,3)37-26(36)33(4)19-13-14-34(15-19)25-23-22(30-16-31-25)24(17-9-11-18(28)12-10-17)35(32-23)21-8-6-5-7-20(21)29/h5-12,16,19H,13-15H2,1-4H3. The van der Waals surface area contributed by atoms with Gasteiger partial charge in [0.25, 0.3) is 0 Å². The Hall–Kier alpha value is -3.36. The second-order valence-electron chi connectivity index (χ2n) is 10.1. The second-order valence-corrected chi connectivity index (χ2v) is 10.9. The van der Waals surface area contributed by atoms with Crippen LogP contribution in [0.5, 0.6) is 0 Å². The predicted octanol–water partition coefficient (Wildman–Crippen LogP) is 6.23. The molecule has 2 aromatic carbocycles. The van der Waals surface area contributed by atoms with Crippen LogP contribution in [0.3, 0.4) is 0 Å². The highest BCUT2D eigenvalue weighted by atomic mass is 35.5. The Bertz CT molecular complexity index is 1450. The smallest absolute Gasteiger partial charge is 0.410 e. The van der Waals surface area contributed by atoms with E-state index in [1.54, 1.807) is 18.3 Å². The summed E-state index contributed by atoms with van der Waals surface area (Å²) in [4.78, 5) is 25.7. The molecule has 1 amide bonds. The molecule has 2 aromatic heterocycles. The molecule has 0 N–H and O–H groups in total. The lowest BCUT2D eigenvalue weighted by molar-refractivity contribution is 0.0238. The van der Waals surface area contributed by atoms with E-state index in [4.69, 9.17) is 33.0 Å². The number of aromatic nitrogens is 4. The van der Waals surface area contributed by atoms with Crippen LogP contribution in [-0.2, 0) is 4.74 Å². The number of halogens is 2. The van der Waals surface area contributed by atoms with Gasteiger partial charge in [0.1, 0.15) is 23.1 Å². The van der Waals surface area contributed by atoms with E-state index >= 15 is 0 Å². The molecule has 37 heavy (non-hydrogen) atoms. The van der Waals surface area contributed by atoms with Crippen molar-refractivity contribution in [3.05, 3.63) is 64.9 Å². The Morgan fingerprint density at radius 1 is 1.05 bits per heavy atom. The molecule has 4 aromatic rings. The Kier molecular flexibility index (Phi) is 6.72. The number of rotatable bonds is 4. The number of ether oxygens (including phenoxy) is 1. The van der Waals surface area contributed by atoms with E-state index < -0.39 is 5.60 Å². The van der Waals surface area contributed by atoms with Crippen molar-refractivity contribution in [2.45, 2.75) is 38.8 Å². The van der Waals surface area contributed by atoms with Crippen LogP contribution in [0.4, 0.5) is 10.6 Å². The molecule has 0 spiro atoms. The number of likely N-dealkylation sites (N-methyl/N-ethyl adjacent to an activating group) is 1. The molecular formula is C27H28Cl2N6O2. The monoisotopic (exact) mass is 538 g/mol. The Labute approximate surface area is 225 Å². The summed E-state index contributed by atoms with van der Waals surface area (Å²) in [6.45, 7) is 6.93. The van der Waals surface area contributed by atoms with Gasteiger partial charge in [-0.25, -0.2) is 19.4 Å².